The van der Waals surface area contributed by atoms with E-state index >= 15 is 0 Å². The van der Waals surface area contributed by atoms with Gasteiger partial charge >= 0.3 is 0 Å². The van der Waals surface area contributed by atoms with Crippen molar-refractivity contribution >= 4 is 34.8 Å². The summed E-state index contributed by atoms with van der Waals surface area (Å²) in [7, 11) is 1.78. The van der Waals surface area contributed by atoms with Crippen LogP contribution in [-0.2, 0) is 0 Å². The second-order valence-electron chi connectivity index (χ2n) is 4.58. The van der Waals surface area contributed by atoms with E-state index in [-0.39, 0.29) is 11.9 Å². The Morgan fingerprint density at radius 1 is 1.29 bits per heavy atom. The first-order valence-corrected chi connectivity index (χ1v) is 7.01. The van der Waals surface area contributed by atoms with Crippen LogP contribution in [0.3, 0.4) is 0 Å². The lowest BCUT2D eigenvalue weighted by Crippen LogP contribution is -2.24. The van der Waals surface area contributed by atoms with E-state index in [4.69, 9.17) is 29.0 Å². The molecule has 0 bridgehead atoms. The van der Waals surface area contributed by atoms with Gasteiger partial charge in [0.2, 0.25) is 0 Å². The summed E-state index contributed by atoms with van der Waals surface area (Å²) in [5, 5.41) is 0.683. The first-order chi connectivity index (χ1) is 9.95. The van der Waals surface area contributed by atoms with E-state index in [1.54, 1.807) is 36.2 Å². The van der Waals surface area contributed by atoms with Crippen LogP contribution in [0, 0.1) is 5.82 Å². The molecule has 1 aromatic heterocycles. The van der Waals surface area contributed by atoms with Gasteiger partial charge < -0.3 is 10.3 Å². The number of hydrogen-bond acceptors (Lipinski definition) is 4. The van der Waals surface area contributed by atoms with Crippen LogP contribution in [0.1, 0.15) is 18.5 Å². The Morgan fingerprint density at radius 3 is 2.57 bits per heavy atom. The number of nitrogens with one attached hydrogen (secondary N) is 1. The number of pyridine rings is 1. The molecule has 21 heavy (non-hydrogen) atoms. The predicted octanol–water partition coefficient (Wildman–Crippen LogP) is 4.01. The standard InChI is InChI=1S/C14H15Cl2FN4/c1-8(9-5-3-4-6-12(9)17)21(2)14-11(16)7-10(15)13(19-14)20-18/h3-8H,18H2,1-2H3,(H,19,20). The lowest BCUT2D eigenvalue weighted by molar-refractivity contribution is 0.584. The van der Waals surface area contributed by atoms with Gasteiger partial charge in [-0.2, -0.15) is 0 Å². The molecule has 0 aliphatic rings. The van der Waals surface area contributed by atoms with Crippen LogP contribution in [0.15, 0.2) is 30.3 Å². The highest BCUT2D eigenvalue weighted by molar-refractivity contribution is 6.37. The van der Waals surface area contributed by atoms with Gasteiger partial charge in [-0.25, -0.2) is 15.2 Å². The average Bonchev–Trinajstić information content (AvgIpc) is 2.46. The average molecular weight is 329 g/mol. The molecule has 1 atom stereocenters. The van der Waals surface area contributed by atoms with Crippen molar-refractivity contribution in [3.8, 4) is 0 Å². The number of benzene rings is 1. The fourth-order valence-corrected chi connectivity index (χ4v) is 2.56. The molecule has 0 saturated heterocycles. The number of aromatic nitrogens is 1. The Balaban J connectivity index is 2.40. The van der Waals surface area contributed by atoms with Crippen molar-refractivity contribution in [3.63, 3.8) is 0 Å². The van der Waals surface area contributed by atoms with Crippen LogP contribution < -0.4 is 16.2 Å². The highest BCUT2D eigenvalue weighted by Crippen LogP contribution is 2.34. The van der Waals surface area contributed by atoms with Crippen molar-refractivity contribution in [1.82, 2.24) is 4.98 Å². The van der Waals surface area contributed by atoms with E-state index in [0.717, 1.165) is 0 Å². The molecule has 0 aliphatic heterocycles. The van der Waals surface area contributed by atoms with Gasteiger partial charge in [-0.05, 0) is 19.1 Å². The second-order valence-corrected chi connectivity index (χ2v) is 5.39. The molecule has 1 heterocycles. The molecule has 3 N–H and O–H groups in total. The fraction of sp³-hybridized carbons (Fsp3) is 0.214. The van der Waals surface area contributed by atoms with E-state index < -0.39 is 0 Å². The highest BCUT2D eigenvalue weighted by atomic mass is 35.5. The van der Waals surface area contributed by atoms with Gasteiger partial charge in [0.05, 0.1) is 16.1 Å². The first kappa shape index (κ1) is 15.8. The topological polar surface area (TPSA) is 54.2 Å². The molecule has 0 aliphatic carbocycles. The number of halogens is 3. The molecule has 1 aromatic carbocycles. The summed E-state index contributed by atoms with van der Waals surface area (Å²) in [5.74, 6) is 5.86. The number of nitrogens with zero attached hydrogens (tertiary/aromatic N) is 2. The van der Waals surface area contributed by atoms with E-state index in [9.17, 15) is 4.39 Å². The molecule has 112 valence electrons. The quantitative estimate of drug-likeness (QED) is 0.657. The Morgan fingerprint density at radius 2 is 1.95 bits per heavy atom. The maximum atomic E-state index is 13.9. The molecule has 0 radical (unpaired) electrons. The van der Waals surface area contributed by atoms with Crippen LogP contribution in [0.5, 0.6) is 0 Å². The lowest BCUT2D eigenvalue weighted by Gasteiger charge is -2.28. The first-order valence-electron chi connectivity index (χ1n) is 6.25. The Hall–Kier alpha value is -1.56. The van der Waals surface area contributed by atoms with Gasteiger partial charge in [-0.3, -0.25) is 0 Å². The largest absolute Gasteiger partial charge is 0.351 e. The van der Waals surface area contributed by atoms with Crippen molar-refractivity contribution in [1.29, 1.82) is 0 Å². The fourth-order valence-electron chi connectivity index (χ4n) is 2.01. The number of rotatable bonds is 4. The van der Waals surface area contributed by atoms with Gasteiger partial charge in [0.1, 0.15) is 11.6 Å². The van der Waals surface area contributed by atoms with Crippen LogP contribution >= 0.6 is 23.2 Å². The molecule has 7 heteroatoms. The minimum Gasteiger partial charge on any atom is -0.351 e. The minimum absolute atomic E-state index is 0.261. The summed E-state index contributed by atoms with van der Waals surface area (Å²) in [6.07, 6.45) is 0. The third-order valence-corrected chi connectivity index (χ3v) is 3.88. The zero-order valence-electron chi connectivity index (χ0n) is 11.6. The number of hydrogen-bond donors (Lipinski definition) is 2. The Labute approximate surface area is 132 Å². The third-order valence-electron chi connectivity index (χ3n) is 3.32. The van der Waals surface area contributed by atoms with Crippen molar-refractivity contribution in [2.75, 3.05) is 17.4 Å². The zero-order valence-corrected chi connectivity index (χ0v) is 13.1. The minimum atomic E-state index is -0.279. The molecule has 2 aromatic rings. The van der Waals surface area contributed by atoms with Crippen LogP contribution in [0.4, 0.5) is 16.0 Å². The van der Waals surface area contributed by atoms with E-state index in [1.807, 2.05) is 6.92 Å². The predicted molar refractivity (Wildman–Crippen MR) is 85.3 cm³/mol. The Bertz CT molecular complexity index is 651. The highest BCUT2D eigenvalue weighted by Gasteiger charge is 2.20. The van der Waals surface area contributed by atoms with Crippen molar-refractivity contribution in [3.05, 3.63) is 51.8 Å². The van der Waals surface area contributed by atoms with Crippen molar-refractivity contribution in [2.45, 2.75) is 13.0 Å². The SMILES string of the molecule is CC(c1ccccc1F)N(C)c1nc(NN)c(Cl)cc1Cl. The van der Waals surface area contributed by atoms with Gasteiger partial charge in [-0.1, -0.05) is 41.4 Å². The third kappa shape index (κ3) is 3.20. The summed E-state index contributed by atoms with van der Waals surface area (Å²) in [6.45, 7) is 1.86. The van der Waals surface area contributed by atoms with E-state index in [0.29, 0.717) is 27.2 Å². The second kappa shape index (κ2) is 6.47. The molecular weight excluding hydrogens is 314 g/mol. The molecule has 0 amide bonds. The summed E-state index contributed by atoms with van der Waals surface area (Å²) in [5.41, 5.74) is 2.96. The summed E-state index contributed by atoms with van der Waals surface area (Å²) in [4.78, 5) is 6.03. The van der Waals surface area contributed by atoms with Gasteiger partial charge in [-0.15, -0.1) is 0 Å². The molecule has 1 unspecified atom stereocenters. The summed E-state index contributed by atoms with van der Waals surface area (Å²) >= 11 is 12.1. The number of nitrogens with two attached hydrogens (primary N) is 1. The Kier molecular flexibility index (Phi) is 4.88. The molecule has 4 nitrogen and oxygen atoms in total. The van der Waals surface area contributed by atoms with Crippen molar-refractivity contribution < 1.29 is 4.39 Å². The van der Waals surface area contributed by atoms with Crippen molar-refractivity contribution in [2.24, 2.45) is 5.84 Å². The number of hydrazine groups is 1. The maximum absolute atomic E-state index is 13.9. The smallest absolute Gasteiger partial charge is 0.161 e. The van der Waals surface area contributed by atoms with E-state index in [1.165, 1.54) is 6.07 Å². The maximum Gasteiger partial charge on any atom is 0.161 e. The monoisotopic (exact) mass is 328 g/mol. The molecule has 0 fully saturated rings. The number of nitrogen functional groups attached to an aromatic ring is 1. The summed E-state index contributed by atoms with van der Waals surface area (Å²) in [6, 6.07) is 7.86. The normalized spacial score (nSPS) is 12.1. The molecule has 0 spiro atoms. The summed E-state index contributed by atoms with van der Waals surface area (Å²) < 4.78 is 13.9. The molecular formula is C14H15Cl2FN4. The van der Waals surface area contributed by atoms with Crippen LogP contribution in [0.25, 0.3) is 0 Å². The van der Waals surface area contributed by atoms with Crippen LogP contribution in [0.2, 0.25) is 10.0 Å². The van der Waals surface area contributed by atoms with Crippen LogP contribution in [-0.4, -0.2) is 12.0 Å². The van der Waals surface area contributed by atoms with Gasteiger partial charge in [0.15, 0.2) is 5.82 Å². The lowest BCUT2D eigenvalue weighted by atomic mass is 10.1. The number of anilines is 2. The molecule has 0 saturated carbocycles. The zero-order chi connectivity index (χ0) is 15.6. The van der Waals surface area contributed by atoms with Gasteiger partial charge in [0, 0.05) is 12.6 Å². The van der Waals surface area contributed by atoms with Gasteiger partial charge in [0.25, 0.3) is 0 Å². The van der Waals surface area contributed by atoms with E-state index in [2.05, 4.69) is 10.4 Å². The molecule has 2 rings (SSSR count).